The van der Waals surface area contributed by atoms with Gasteiger partial charge in [0.2, 0.25) is 0 Å². The fourth-order valence-corrected chi connectivity index (χ4v) is 2.80. The number of guanidine groups is 1. The second-order valence-corrected chi connectivity index (χ2v) is 5.80. The van der Waals surface area contributed by atoms with Crippen molar-refractivity contribution >= 4 is 29.2 Å². The minimum Gasteiger partial charge on any atom is -0.493 e. The highest BCUT2D eigenvalue weighted by atomic mass is 35.5. The molecule has 0 bridgehead atoms. The van der Waals surface area contributed by atoms with E-state index < -0.39 is 0 Å². The molecule has 1 aromatic carbocycles. The first-order chi connectivity index (χ1) is 9.58. The van der Waals surface area contributed by atoms with Gasteiger partial charge in [-0.05, 0) is 37.0 Å². The number of likely N-dealkylation sites (tertiary alicyclic amines) is 1. The van der Waals surface area contributed by atoms with Crippen LogP contribution >= 0.6 is 23.2 Å². The third kappa shape index (κ3) is 4.18. The molecule has 0 radical (unpaired) electrons. The molecule has 0 aliphatic carbocycles. The smallest absolute Gasteiger partial charge is 0.190 e. The zero-order valence-corrected chi connectivity index (χ0v) is 13.0. The normalized spacial score (nSPS) is 17.4. The number of piperidine rings is 1. The number of halogens is 2. The third-order valence-electron chi connectivity index (χ3n) is 3.49. The number of hydrogen-bond acceptors (Lipinski definition) is 2. The van der Waals surface area contributed by atoms with Gasteiger partial charge >= 0.3 is 0 Å². The lowest BCUT2D eigenvalue weighted by molar-refractivity contribution is 0.180. The lowest BCUT2D eigenvalue weighted by atomic mass is 9.98. The van der Waals surface area contributed by atoms with E-state index in [1.807, 2.05) is 0 Å². The van der Waals surface area contributed by atoms with Gasteiger partial charge in [0, 0.05) is 30.2 Å². The Labute approximate surface area is 129 Å². The second kappa shape index (κ2) is 7.04. The van der Waals surface area contributed by atoms with Crippen LogP contribution in [0.15, 0.2) is 23.2 Å². The molecular formula is C14H19Cl2N3O. The molecule has 4 nitrogen and oxygen atoms in total. The summed E-state index contributed by atoms with van der Waals surface area (Å²) >= 11 is 11.9. The molecule has 110 valence electrons. The van der Waals surface area contributed by atoms with Crippen LogP contribution in [0.3, 0.4) is 0 Å². The average molecular weight is 316 g/mol. The summed E-state index contributed by atoms with van der Waals surface area (Å²) in [6, 6.07) is 5.26. The monoisotopic (exact) mass is 315 g/mol. The Kier molecular flexibility index (Phi) is 5.38. The molecule has 0 saturated carbocycles. The van der Waals surface area contributed by atoms with Crippen LogP contribution in [0.4, 0.5) is 0 Å². The second-order valence-electron chi connectivity index (χ2n) is 4.93. The van der Waals surface area contributed by atoms with E-state index in [-0.39, 0.29) is 0 Å². The van der Waals surface area contributed by atoms with Gasteiger partial charge in [-0.25, -0.2) is 0 Å². The minimum absolute atomic E-state index is 0.522. The van der Waals surface area contributed by atoms with E-state index in [1.54, 1.807) is 25.2 Å². The molecule has 1 aliphatic rings. The lowest BCUT2D eigenvalue weighted by Gasteiger charge is -2.32. The standard InChI is InChI=1S/C14H19Cl2N3O/c1-18-14(17)19-4-2-10(3-5-19)9-20-13-7-11(15)6-12(16)8-13/h6-8,10H,2-5,9H2,1H3,(H2,17,18). The third-order valence-corrected chi connectivity index (χ3v) is 3.93. The maximum atomic E-state index is 5.94. The first-order valence-corrected chi connectivity index (χ1v) is 7.40. The molecule has 6 heteroatoms. The average Bonchev–Trinajstić information content (AvgIpc) is 2.44. The molecule has 1 fully saturated rings. The van der Waals surface area contributed by atoms with E-state index in [0.717, 1.165) is 31.7 Å². The number of aliphatic imine (C=N–C) groups is 1. The van der Waals surface area contributed by atoms with Crippen molar-refractivity contribution in [3.05, 3.63) is 28.2 Å². The van der Waals surface area contributed by atoms with Crippen LogP contribution in [0.1, 0.15) is 12.8 Å². The molecular weight excluding hydrogens is 297 g/mol. The molecule has 0 spiro atoms. The first-order valence-electron chi connectivity index (χ1n) is 6.64. The summed E-state index contributed by atoms with van der Waals surface area (Å²) in [6.07, 6.45) is 2.09. The highest BCUT2D eigenvalue weighted by molar-refractivity contribution is 6.34. The molecule has 20 heavy (non-hydrogen) atoms. The van der Waals surface area contributed by atoms with Crippen molar-refractivity contribution in [1.29, 1.82) is 0 Å². The van der Waals surface area contributed by atoms with Gasteiger partial charge in [-0.15, -0.1) is 0 Å². The van der Waals surface area contributed by atoms with Crippen LogP contribution in [-0.2, 0) is 0 Å². The number of rotatable bonds is 3. The van der Waals surface area contributed by atoms with Crippen molar-refractivity contribution in [3.63, 3.8) is 0 Å². The zero-order valence-electron chi connectivity index (χ0n) is 11.5. The van der Waals surface area contributed by atoms with E-state index in [1.165, 1.54) is 0 Å². The van der Waals surface area contributed by atoms with E-state index in [9.17, 15) is 0 Å². The van der Waals surface area contributed by atoms with E-state index in [4.69, 9.17) is 33.7 Å². The Morgan fingerprint density at radius 3 is 2.45 bits per heavy atom. The van der Waals surface area contributed by atoms with Crippen LogP contribution in [0.5, 0.6) is 5.75 Å². The van der Waals surface area contributed by atoms with Crippen molar-refractivity contribution in [2.45, 2.75) is 12.8 Å². The van der Waals surface area contributed by atoms with Crippen molar-refractivity contribution < 1.29 is 4.74 Å². The highest BCUT2D eigenvalue weighted by Gasteiger charge is 2.20. The fraction of sp³-hybridized carbons (Fsp3) is 0.500. The van der Waals surface area contributed by atoms with Crippen LogP contribution in [0.25, 0.3) is 0 Å². The van der Waals surface area contributed by atoms with Crippen LogP contribution in [0, 0.1) is 5.92 Å². The topological polar surface area (TPSA) is 50.8 Å². The summed E-state index contributed by atoms with van der Waals surface area (Å²) < 4.78 is 5.78. The Morgan fingerprint density at radius 2 is 1.90 bits per heavy atom. The predicted octanol–water partition coefficient (Wildman–Crippen LogP) is 3.03. The summed E-state index contributed by atoms with van der Waals surface area (Å²) in [7, 11) is 1.72. The van der Waals surface area contributed by atoms with Gasteiger partial charge in [-0.1, -0.05) is 23.2 Å². The maximum absolute atomic E-state index is 5.94. The number of hydrogen-bond donors (Lipinski definition) is 1. The molecule has 1 saturated heterocycles. The van der Waals surface area contributed by atoms with E-state index in [2.05, 4.69) is 9.89 Å². The Bertz CT molecular complexity index is 465. The summed E-state index contributed by atoms with van der Waals surface area (Å²) in [5.41, 5.74) is 5.81. The molecule has 0 atom stereocenters. The van der Waals surface area contributed by atoms with Gasteiger partial charge in [-0.2, -0.15) is 0 Å². The van der Waals surface area contributed by atoms with Gasteiger partial charge in [0.1, 0.15) is 5.75 Å². The van der Waals surface area contributed by atoms with Gasteiger partial charge in [0.25, 0.3) is 0 Å². The highest BCUT2D eigenvalue weighted by Crippen LogP contribution is 2.25. The molecule has 1 heterocycles. The zero-order chi connectivity index (χ0) is 14.5. The summed E-state index contributed by atoms with van der Waals surface area (Å²) in [6.45, 7) is 2.52. The predicted molar refractivity (Wildman–Crippen MR) is 83.8 cm³/mol. The Hall–Kier alpha value is -1.13. The van der Waals surface area contributed by atoms with Gasteiger partial charge in [0.05, 0.1) is 6.61 Å². The first kappa shape index (κ1) is 15.3. The fourth-order valence-electron chi connectivity index (χ4n) is 2.30. The summed E-state index contributed by atoms with van der Waals surface area (Å²) in [4.78, 5) is 6.11. The molecule has 0 unspecified atom stereocenters. The van der Waals surface area contributed by atoms with Crippen molar-refractivity contribution in [3.8, 4) is 5.75 Å². The maximum Gasteiger partial charge on any atom is 0.190 e. The summed E-state index contributed by atoms with van der Waals surface area (Å²) in [5.74, 6) is 1.86. The molecule has 2 rings (SSSR count). The Balaban J connectivity index is 1.81. The van der Waals surface area contributed by atoms with Crippen LogP contribution in [0.2, 0.25) is 10.0 Å². The SMILES string of the molecule is CN=C(N)N1CCC(COc2cc(Cl)cc(Cl)c2)CC1. The van der Waals surface area contributed by atoms with Crippen molar-refractivity contribution in [1.82, 2.24) is 4.90 Å². The minimum atomic E-state index is 0.522. The number of nitrogens with two attached hydrogens (primary N) is 1. The van der Waals surface area contributed by atoms with Crippen LogP contribution in [-0.4, -0.2) is 37.6 Å². The molecule has 2 N–H and O–H groups in total. The van der Waals surface area contributed by atoms with Gasteiger partial charge < -0.3 is 15.4 Å². The van der Waals surface area contributed by atoms with Crippen molar-refractivity contribution in [2.75, 3.05) is 26.7 Å². The molecule has 0 aromatic heterocycles. The van der Waals surface area contributed by atoms with Gasteiger partial charge in [0.15, 0.2) is 5.96 Å². The van der Waals surface area contributed by atoms with E-state index >= 15 is 0 Å². The number of benzene rings is 1. The number of ether oxygens (including phenoxy) is 1. The van der Waals surface area contributed by atoms with Crippen LogP contribution < -0.4 is 10.5 Å². The lowest BCUT2D eigenvalue weighted by Crippen LogP contribution is -2.43. The molecule has 1 aliphatic heterocycles. The molecule has 0 amide bonds. The molecule has 1 aromatic rings. The van der Waals surface area contributed by atoms with E-state index in [0.29, 0.717) is 28.5 Å². The Morgan fingerprint density at radius 1 is 1.30 bits per heavy atom. The van der Waals surface area contributed by atoms with Gasteiger partial charge in [-0.3, -0.25) is 4.99 Å². The largest absolute Gasteiger partial charge is 0.493 e. The van der Waals surface area contributed by atoms with Crippen molar-refractivity contribution in [2.24, 2.45) is 16.6 Å². The quantitative estimate of drug-likeness (QED) is 0.689. The number of nitrogens with zero attached hydrogens (tertiary/aromatic N) is 2. The summed E-state index contributed by atoms with van der Waals surface area (Å²) in [5, 5.41) is 1.18.